The van der Waals surface area contributed by atoms with E-state index < -0.39 is 194 Å². The van der Waals surface area contributed by atoms with Gasteiger partial charge in [0.1, 0.15) is 0 Å². The quantitative estimate of drug-likeness (QED) is 0.0305. The lowest BCUT2D eigenvalue weighted by Gasteiger charge is -2.31. The topological polar surface area (TPSA) is 541 Å². The van der Waals surface area contributed by atoms with Crippen LogP contribution in [0, 0.1) is 37.5 Å². The second kappa shape index (κ2) is 41.1. The van der Waals surface area contributed by atoms with E-state index in [4.69, 9.17) is 0 Å². The van der Waals surface area contributed by atoms with Crippen LogP contribution in [0.5, 0.6) is 0 Å². The molecule has 12 amide bonds. The van der Waals surface area contributed by atoms with Gasteiger partial charge in [0.05, 0.1) is 148 Å². The molecule has 0 spiro atoms. The fraction of sp³-hybridized carbons (Fsp3) is 0.460. The Kier molecular flexibility index (Phi) is 37.8. The average molecular weight is 2310 g/mol. The van der Waals surface area contributed by atoms with E-state index in [1.54, 1.807) is 203 Å². The zero-order chi connectivity index (χ0) is 69.6. The van der Waals surface area contributed by atoms with E-state index in [0.29, 0.717) is 0 Å². The molecule has 42 heteroatoms. The summed E-state index contributed by atoms with van der Waals surface area (Å²) in [7, 11) is 0. The maximum absolute atomic E-state index is 14.2. The van der Waals surface area contributed by atoms with Crippen molar-refractivity contribution in [1.82, 2.24) is 47.9 Å². The lowest BCUT2D eigenvalue weighted by Crippen LogP contribution is -2.51. The van der Waals surface area contributed by atoms with Crippen LogP contribution in [-0.4, -0.2) is 250 Å². The normalized spacial score (nSPS) is 13.8. The van der Waals surface area contributed by atoms with E-state index in [1.807, 2.05) is 0 Å². The van der Waals surface area contributed by atoms with Crippen molar-refractivity contribution in [3.63, 3.8) is 0 Å². The van der Waals surface area contributed by atoms with Gasteiger partial charge in [0.2, 0.25) is 0 Å². The minimum absolute atomic E-state index is 0.0596. The SMILES string of the molecule is CC(CNC(=O)Nc1c(I)c(C(=O)NCC(O)CO)c(I)c(C(=O)NCC(O)CO)c1I)(CNC(=O)Nc1c(I)c(C(=O)NCC(O)CO)c(I)c(C(=O)NCC(O)CO)c1I)CNC(=O)Nc1c(I)c(C(=O)NCC(O)CO)c(I)c(C(=O)NCC(O)CO)c1I. The Morgan fingerprint density at radius 3 is 0.587 bits per heavy atom. The molecule has 0 bridgehead atoms. The average Bonchev–Trinajstić information content (AvgIpc) is 0.788. The molecule has 3 aromatic rings. The number of hydrogen-bond acceptors (Lipinski definition) is 21. The van der Waals surface area contributed by atoms with E-state index in [0.717, 1.165) is 0 Å². The lowest BCUT2D eigenvalue weighted by atomic mass is 9.90. The molecule has 0 saturated carbocycles. The van der Waals surface area contributed by atoms with Crippen molar-refractivity contribution in [3.8, 4) is 0 Å². The Morgan fingerprint density at radius 2 is 0.446 bits per heavy atom. The molecule has 0 aliphatic rings. The Bertz CT molecular complexity index is 2730. The molecule has 0 radical (unpaired) electrons. The van der Waals surface area contributed by atoms with E-state index in [1.165, 1.54) is 6.92 Å². The second-order valence-electron chi connectivity index (χ2n) is 19.7. The highest BCUT2D eigenvalue weighted by Gasteiger charge is 2.35. The highest BCUT2D eigenvalue weighted by Crippen LogP contribution is 2.39. The molecular formula is C50H63I9N12O21. The van der Waals surface area contributed by atoms with Crippen molar-refractivity contribution in [3.05, 3.63) is 65.5 Å². The van der Waals surface area contributed by atoms with Gasteiger partial charge in [-0.3, -0.25) is 28.8 Å². The number of aliphatic hydroxyl groups excluding tert-OH is 12. The van der Waals surface area contributed by atoms with E-state index in [9.17, 15) is 104 Å². The van der Waals surface area contributed by atoms with E-state index >= 15 is 0 Å². The highest BCUT2D eigenvalue weighted by molar-refractivity contribution is 14.1. The van der Waals surface area contributed by atoms with Gasteiger partial charge >= 0.3 is 18.1 Å². The smallest absolute Gasteiger partial charge is 0.319 e. The summed E-state index contributed by atoms with van der Waals surface area (Å²) in [5.41, 5.74) is -2.76. The first kappa shape index (κ1) is 84.6. The van der Waals surface area contributed by atoms with Gasteiger partial charge in [-0.2, -0.15) is 0 Å². The third-order valence-electron chi connectivity index (χ3n) is 12.3. The molecule has 0 saturated heterocycles. The maximum atomic E-state index is 14.2. The molecule has 3 rings (SSSR count). The van der Waals surface area contributed by atoms with Gasteiger partial charge in [-0.15, -0.1) is 0 Å². The van der Waals surface area contributed by atoms with Crippen LogP contribution in [0.25, 0.3) is 0 Å². The van der Waals surface area contributed by atoms with Gasteiger partial charge in [0, 0.05) is 75.0 Å². The van der Waals surface area contributed by atoms with Gasteiger partial charge in [-0.25, -0.2) is 14.4 Å². The molecule has 92 heavy (non-hydrogen) atoms. The lowest BCUT2D eigenvalue weighted by molar-refractivity contribution is 0.0792. The molecule has 0 aliphatic carbocycles. The van der Waals surface area contributed by atoms with Crippen LogP contribution in [-0.2, 0) is 0 Å². The number of carbonyl (C=O) groups excluding carboxylic acids is 9. The summed E-state index contributed by atoms with van der Waals surface area (Å²) in [6.07, 6.45) is -8.26. The molecule has 512 valence electrons. The number of carbonyl (C=O) groups is 9. The third-order valence-corrected chi connectivity index (χ3v) is 22.0. The fourth-order valence-corrected chi connectivity index (χ4v) is 20.5. The third kappa shape index (κ3) is 24.4. The maximum Gasteiger partial charge on any atom is 0.319 e. The van der Waals surface area contributed by atoms with Crippen molar-refractivity contribution < 1.29 is 104 Å². The number of benzene rings is 3. The van der Waals surface area contributed by atoms with Crippen LogP contribution < -0.4 is 63.8 Å². The van der Waals surface area contributed by atoms with Crippen molar-refractivity contribution in [2.24, 2.45) is 5.41 Å². The number of amides is 12. The molecule has 6 atom stereocenters. The van der Waals surface area contributed by atoms with Gasteiger partial charge in [-0.05, 0) is 203 Å². The summed E-state index contributed by atoms with van der Waals surface area (Å²) in [6, 6.07) is -3.00. The Labute approximate surface area is 646 Å². The zero-order valence-corrected chi connectivity index (χ0v) is 66.9. The second-order valence-corrected chi connectivity index (χ2v) is 29.4. The summed E-state index contributed by atoms with van der Waals surface area (Å²) in [4.78, 5) is 125. The largest absolute Gasteiger partial charge is 0.394 e. The number of aliphatic hydroxyl groups is 12. The standard InChI is InChI=1S/C50H63I9N12O21/c1-50(14-66-47(90)69-38-32(54)23(41(84)60-2-17(78)8-72)29(51)24(33(38)55)42(85)61-3-18(79)9-73,15-67-48(91)70-39-34(56)25(43(86)62-4-19(80)10-74)30(52)26(35(39)57)44(87)63-5-20(81)11-75)16-68-49(92)71-40-36(58)27(45(88)64-6-21(82)12-76)31(53)28(37(40)59)46(89)65-7-22(83)13-77/h17-22,72-83H,2-16H2,1H3,(H,60,84)(H,61,85)(H,62,86)(H,63,87)(H,64,88)(H,65,89)(H2,66,69,90)(H2,67,70,91)(H2,68,71,92). The number of nitrogens with one attached hydrogen (secondary N) is 12. The monoisotopic (exact) mass is 2310 g/mol. The van der Waals surface area contributed by atoms with Crippen LogP contribution in [0.2, 0.25) is 0 Å². The summed E-state index contributed by atoms with van der Waals surface area (Å²) in [5, 5.41) is 147. The molecule has 0 fully saturated rings. The van der Waals surface area contributed by atoms with Crippen LogP contribution in [0.4, 0.5) is 31.4 Å². The Hall–Kier alpha value is -1.62. The van der Waals surface area contributed by atoms with Crippen molar-refractivity contribution in [2.45, 2.75) is 43.5 Å². The van der Waals surface area contributed by atoms with Gasteiger partial charge in [-0.1, -0.05) is 6.92 Å². The number of urea groups is 3. The van der Waals surface area contributed by atoms with Crippen LogP contribution in [0.3, 0.4) is 0 Å². The predicted octanol–water partition coefficient (Wildman–Crippen LogP) is -1.60. The molecule has 0 heterocycles. The highest BCUT2D eigenvalue weighted by atomic mass is 127. The molecular weight excluding hydrogens is 2250 g/mol. The minimum Gasteiger partial charge on any atom is -0.394 e. The molecule has 0 aliphatic heterocycles. The molecule has 24 N–H and O–H groups in total. The number of rotatable bonds is 33. The van der Waals surface area contributed by atoms with Crippen LogP contribution in [0.15, 0.2) is 0 Å². The van der Waals surface area contributed by atoms with Gasteiger partial charge < -0.3 is 125 Å². The summed E-state index contributed by atoms with van der Waals surface area (Å²) >= 11 is 15.7. The van der Waals surface area contributed by atoms with Crippen molar-refractivity contribution >= 4 is 274 Å². The number of halogens is 9. The molecule has 33 nitrogen and oxygen atoms in total. The van der Waals surface area contributed by atoms with E-state index in [-0.39, 0.29) is 82.6 Å². The molecule has 0 aromatic heterocycles. The predicted molar refractivity (Wildman–Crippen MR) is 406 cm³/mol. The van der Waals surface area contributed by atoms with Crippen LogP contribution in [0.1, 0.15) is 69.1 Å². The van der Waals surface area contributed by atoms with Gasteiger partial charge in [0.15, 0.2) is 0 Å². The van der Waals surface area contributed by atoms with Crippen LogP contribution >= 0.6 is 203 Å². The summed E-state index contributed by atoms with van der Waals surface area (Å²) < 4.78 is 0.635. The molecule has 6 unspecified atom stereocenters. The summed E-state index contributed by atoms with van der Waals surface area (Å²) in [6.45, 7) is -6.74. The van der Waals surface area contributed by atoms with Crippen molar-refractivity contribution in [2.75, 3.05) is 114 Å². The first-order valence-electron chi connectivity index (χ1n) is 26.4. The fourth-order valence-electron chi connectivity index (χ4n) is 7.24. The molecule has 3 aromatic carbocycles. The number of anilines is 3. The minimum atomic E-state index is -1.50. The summed E-state index contributed by atoms with van der Waals surface area (Å²) in [5.74, 6) is -5.05. The van der Waals surface area contributed by atoms with E-state index in [2.05, 4.69) is 63.8 Å². The Balaban J connectivity index is 2.22. The zero-order valence-electron chi connectivity index (χ0n) is 47.5. The Morgan fingerprint density at radius 1 is 0.293 bits per heavy atom. The van der Waals surface area contributed by atoms with Crippen molar-refractivity contribution in [1.29, 1.82) is 0 Å². The first-order valence-corrected chi connectivity index (χ1v) is 36.1. The number of hydrogen-bond donors (Lipinski definition) is 24. The van der Waals surface area contributed by atoms with Gasteiger partial charge in [0.25, 0.3) is 35.4 Å². The first-order chi connectivity index (χ1) is 43.2.